The van der Waals surface area contributed by atoms with Crippen molar-refractivity contribution in [1.29, 1.82) is 0 Å². The molecule has 49 heavy (non-hydrogen) atoms. The minimum Gasteiger partial charge on any atom is -0.394 e. The molecule has 0 aromatic rings. The molecule has 0 fully saturated rings. The van der Waals surface area contributed by atoms with Crippen molar-refractivity contribution >= 4 is 5.91 Å². The summed E-state index contributed by atoms with van der Waals surface area (Å²) in [5.74, 6) is -0.700. The molecule has 0 aliphatic rings. The highest BCUT2D eigenvalue weighted by molar-refractivity contribution is 5.82. The van der Waals surface area contributed by atoms with Gasteiger partial charge in [-0.15, -0.1) is 0 Å². The molecule has 0 aliphatic carbocycles. The Labute approximate surface area is 303 Å². The van der Waals surface area contributed by atoms with Crippen LogP contribution < -0.4 is 5.32 Å². The number of aliphatic hydroxyl groups is 4. The summed E-state index contributed by atoms with van der Waals surface area (Å²) < 4.78 is 0. The highest BCUT2D eigenvalue weighted by Gasteiger charge is 2.27. The first-order valence-corrected chi connectivity index (χ1v) is 20.9. The molecule has 0 saturated carbocycles. The summed E-state index contributed by atoms with van der Waals surface area (Å²) in [6.45, 7) is 3.98. The summed E-state index contributed by atoms with van der Waals surface area (Å²) in [6.07, 6.45) is 43.7. The zero-order chi connectivity index (χ0) is 36.0. The van der Waals surface area contributed by atoms with E-state index in [0.29, 0.717) is 0 Å². The monoisotopic (exact) mass is 692 g/mol. The molecule has 1 amide bonds. The fourth-order valence-electron chi connectivity index (χ4n) is 6.22. The number of nitrogens with one attached hydrogen (secondary N) is 1. The lowest BCUT2D eigenvalue weighted by molar-refractivity contribution is -0.129. The number of carbonyl (C=O) groups is 1. The number of hydrogen-bond donors (Lipinski definition) is 5. The smallest absolute Gasteiger partial charge is 0.253 e. The molecular weight excluding hydrogens is 610 g/mol. The van der Waals surface area contributed by atoms with Gasteiger partial charge in [-0.05, 0) is 38.5 Å². The Hall–Kier alpha value is -1.47. The first-order valence-electron chi connectivity index (χ1n) is 20.9. The lowest BCUT2D eigenvalue weighted by Gasteiger charge is -2.25. The van der Waals surface area contributed by atoms with Crippen LogP contribution in [-0.2, 0) is 4.79 Å². The molecule has 0 saturated heterocycles. The van der Waals surface area contributed by atoms with Crippen molar-refractivity contribution in [2.45, 2.75) is 224 Å². The average molecular weight is 692 g/mol. The van der Waals surface area contributed by atoms with E-state index in [4.69, 9.17) is 0 Å². The van der Waals surface area contributed by atoms with Crippen LogP contribution in [0, 0.1) is 0 Å². The van der Waals surface area contributed by atoms with Crippen LogP contribution in [0.5, 0.6) is 0 Å². The van der Waals surface area contributed by atoms with Crippen molar-refractivity contribution in [2.24, 2.45) is 0 Å². The van der Waals surface area contributed by atoms with Gasteiger partial charge in [-0.25, -0.2) is 0 Å². The van der Waals surface area contributed by atoms with E-state index >= 15 is 0 Å². The van der Waals surface area contributed by atoms with Crippen LogP contribution in [0.15, 0.2) is 36.5 Å². The van der Waals surface area contributed by atoms with Crippen LogP contribution in [0.4, 0.5) is 0 Å². The van der Waals surface area contributed by atoms with E-state index in [9.17, 15) is 25.2 Å². The largest absolute Gasteiger partial charge is 0.394 e. The summed E-state index contributed by atoms with van der Waals surface area (Å²) >= 11 is 0. The molecule has 0 aliphatic heterocycles. The molecule has 4 unspecified atom stereocenters. The number of allylic oxidation sites excluding steroid dienone is 4. The first kappa shape index (κ1) is 47.5. The molecule has 0 bridgehead atoms. The number of amides is 1. The van der Waals surface area contributed by atoms with E-state index in [-0.39, 0.29) is 0 Å². The fourth-order valence-corrected chi connectivity index (χ4v) is 6.22. The summed E-state index contributed by atoms with van der Waals surface area (Å²) in [6, 6.07) is -1.08. The predicted octanol–water partition coefficient (Wildman–Crippen LogP) is 10.6. The Morgan fingerprint density at radius 3 is 1.27 bits per heavy atom. The van der Waals surface area contributed by atoms with Gasteiger partial charge in [0.2, 0.25) is 0 Å². The molecule has 0 spiro atoms. The van der Waals surface area contributed by atoms with Crippen molar-refractivity contribution in [3.05, 3.63) is 36.5 Å². The highest BCUT2D eigenvalue weighted by Crippen LogP contribution is 2.14. The quantitative estimate of drug-likeness (QED) is 0.0329. The standard InChI is InChI=1S/C43H81NO5/c1-3-5-7-9-11-13-15-17-19-20-21-22-23-25-26-28-30-32-34-36-40(46)42(48)39(38-45)44-43(49)41(47)37-35-33-31-29-27-24-18-16-14-12-10-8-6-4-2/h26,28,34-37,39-42,45-48H,3-25,27,29-33,38H2,1-2H3,(H,44,49). The zero-order valence-electron chi connectivity index (χ0n) is 32.2. The molecular formula is C43H81NO5. The lowest BCUT2D eigenvalue weighted by Crippen LogP contribution is -2.52. The average Bonchev–Trinajstić information content (AvgIpc) is 3.11. The predicted molar refractivity (Wildman–Crippen MR) is 210 cm³/mol. The molecule has 0 radical (unpaired) electrons. The molecule has 0 aromatic heterocycles. The van der Waals surface area contributed by atoms with E-state index < -0.39 is 36.9 Å². The molecule has 5 N–H and O–H groups in total. The molecule has 6 heteroatoms. The van der Waals surface area contributed by atoms with Crippen LogP contribution in [-0.4, -0.2) is 57.3 Å². The Balaban J connectivity index is 3.90. The first-order chi connectivity index (χ1) is 24.0. The van der Waals surface area contributed by atoms with Crippen LogP contribution >= 0.6 is 0 Å². The minimum absolute atomic E-state index is 0.547. The van der Waals surface area contributed by atoms with Crippen molar-refractivity contribution in [1.82, 2.24) is 5.32 Å². The fraction of sp³-hybridized carbons (Fsp3) is 0.837. The number of carbonyl (C=O) groups excluding carboxylic acids is 1. The van der Waals surface area contributed by atoms with E-state index in [1.165, 1.54) is 160 Å². The number of rotatable bonds is 37. The van der Waals surface area contributed by atoms with Crippen LogP contribution in [0.2, 0.25) is 0 Å². The van der Waals surface area contributed by atoms with E-state index in [1.807, 2.05) is 12.2 Å². The molecule has 0 rings (SSSR count). The second-order valence-corrected chi connectivity index (χ2v) is 14.3. The van der Waals surface area contributed by atoms with Gasteiger partial charge in [0.1, 0.15) is 12.2 Å². The van der Waals surface area contributed by atoms with Gasteiger partial charge in [-0.1, -0.05) is 198 Å². The van der Waals surface area contributed by atoms with E-state index in [2.05, 4.69) is 31.3 Å². The van der Waals surface area contributed by atoms with Crippen LogP contribution in [0.25, 0.3) is 0 Å². The van der Waals surface area contributed by atoms with E-state index in [0.717, 1.165) is 38.5 Å². The Bertz CT molecular complexity index is 782. The molecule has 6 nitrogen and oxygen atoms in total. The van der Waals surface area contributed by atoms with Gasteiger partial charge in [0.05, 0.1) is 12.6 Å². The Kier molecular flexibility index (Phi) is 36.6. The van der Waals surface area contributed by atoms with Gasteiger partial charge >= 0.3 is 0 Å². The summed E-state index contributed by atoms with van der Waals surface area (Å²) in [4.78, 5) is 12.4. The van der Waals surface area contributed by atoms with Crippen molar-refractivity contribution in [3.63, 3.8) is 0 Å². The second kappa shape index (κ2) is 37.8. The third-order valence-electron chi connectivity index (χ3n) is 9.57. The summed E-state index contributed by atoms with van der Waals surface area (Å²) in [7, 11) is 0. The topological polar surface area (TPSA) is 110 Å². The SMILES string of the molecule is CCCCCCCCCCCCCCC=CC(O)C(=O)NC(CO)C(O)C(O)C=CCCC=CCCCCCCCCCCCCCCC. The van der Waals surface area contributed by atoms with Gasteiger partial charge in [-0.3, -0.25) is 4.79 Å². The van der Waals surface area contributed by atoms with Crippen molar-refractivity contribution < 1.29 is 25.2 Å². The van der Waals surface area contributed by atoms with Gasteiger partial charge < -0.3 is 25.7 Å². The third kappa shape index (κ3) is 32.2. The van der Waals surface area contributed by atoms with Gasteiger partial charge in [-0.2, -0.15) is 0 Å². The lowest BCUT2D eigenvalue weighted by atomic mass is 10.0. The highest BCUT2D eigenvalue weighted by atomic mass is 16.3. The Morgan fingerprint density at radius 2 is 0.837 bits per heavy atom. The number of unbranched alkanes of at least 4 members (excludes halogenated alkanes) is 26. The van der Waals surface area contributed by atoms with Gasteiger partial charge in [0.25, 0.3) is 5.91 Å². The molecule has 4 atom stereocenters. The number of aliphatic hydroxyl groups excluding tert-OH is 4. The second-order valence-electron chi connectivity index (χ2n) is 14.3. The third-order valence-corrected chi connectivity index (χ3v) is 9.57. The van der Waals surface area contributed by atoms with Gasteiger partial charge in [0, 0.05) is 0 Å². The molecule has 0 heterocycles. The number of hydrogen-bond acceptors (Lipinski definition) is 5. The van der Waals surface area contributed by atoms with Crippen LogP contribution in [0.1, 0.15) is 200 Å². The maximum atomic E-state index is 12.4. The summed E-state index contributed by atoms with van der Waals surface area (Å²) in [5.41, 5.74) is 0. The minimum atomic E-state index is -1.38. The van der Waals surface area contributed by atoms with Gasteiger partial charge in [0.15, 0.2) is 6.10 Å². The maximum Gasteiger partial charge on any atom is 0.253 e. The van der Waals surface area contributed by atoms with Crippen molar-refractivity contribution in [2.75, 3.05) is 6.61 Å². The van der Waals surface area contributed by atoms with Crippen LogP contribution in [0.3, 0.4) is 0 Å². The van der Waals surface area contributed by atoms with E-state index in [1.54, 1.807) is 0 Å². The van der Waals surface area contributed by atoms with Crippen molar-refractivity contribution in [3.8, 4) is 0 Å². The normalized spacial score (nSPS) is 14.7. The maximum absolute atomic E-state index is 12.4. The Morgan fingerprint density at radius 1 is 0.490 bits per heavy atom. The summed E-state index contributed by atoms with van der Waals surface area (Å²) in [5, 5.41) is 43.2. The molecule has 288 valence electrons. The molecule has 0 aromatic carbocycles. The zero-order valence-corrected chi connectivity index (χ0v) is 32.2.